The summed E-state index contributed by atoms with van der Waals surface area (Å²) in [6.45, 7) is 7.29. The first kappa shape index (κ1) is 13.9. The fraction of sp³-hybridized carbons (Fsp3) is 0.615. The highest BCUT2D eigenvalue weighted by Crippen LogP contribution is 2.20. The fourth-order valence-corrected chi connectivity index (χ4v) is 2.18. The zero-order valence-electron chi connectivity index (χ0n) is 11.3. The Kier molecular flexibility index (Phi) is 4.44. The number of likely N-dealkylation sites (N-methyl/N-ethyl adjacent to an activating group) is 1. The summed E-state index contributed by atoms with van der Waals surface area (Å²) in [5.41, 5.74) is 0.740. The summed E-state index contributed by atoms with van der Waals surface area (Å²) in [6, 6.07) is 0. The SMILES string of the molecule is CCc1nc(C2CN(CC)CCO2)ncc1C(=O)O. The van der Waals surface area contributed by atoms with Crippen molar-refractivity contribution in [1.29, 1.82) is 0 Å². The van der Waals surface area contributed by atoms with Crippen molar-refractivity contribution in [3.05, 3.63) is 23.3 Å². The van der Waals surface area contributed by atoms with Crippen molar-refractivity contribution in [3.8, 4) is 0 Å². The molecule has 0 bridgehead atoms. The van der Waals surface area contributed by atoms with Crippen molar-refractivity contribution in [3.63, 3.8) is 0 Å². The second kappa shape index (κ2) is 6.08. The van der Waals surface area contributed by atoms with Crippen LogP contribution in [0.2, 0.25) is 0 Å². The standard InChI is InChI=1S/C13H19N3O3/c1-3-10-9(13(17)18)7-14-12(15-10)11-8-16(4-2)5-6-19-11/h7,11H,3-6,8H2,1-2H3,(H,17,18). The number of nitrogens with zero attached hydrogens (tertiary/aromatic N) is 3. The van der Waals surface area contributed by atoms with Gasteiger partial charge in [-0.25, -0.2) is 14.8 Å². The van der Waals surface area contributed by atoms with E-state index in [1.807, 2.05) is 6.92 Å². The molecule has 1 atom stereocenters. The highest BCUT2D eigenvalue weighted by Gasteiger charge is 2.24. The Morgan fingerprint density at radius 1 is 1.58 bits per heavy atom. The lowest BCUT2D eigenvalue weighted by Gasteiger charge is -2.31. The van der Waals surface area contributed by atoms with E-state index in [0.29, 0.717) is 24.5 Å². The summed E-state index contributed by atoms with van der Waals surface area (Å²) in [4.78, 5) is 21.8. The molecule has 0 aromatic carbocycles. The predicted octanol–water partition coefficient (Wildman–Crippen LogP) is 1.13. The summed E-state index contributed by atoms with van der Waals surface area (Å²) < 4.78 is 5.68. The number of aryl methyl sites for hydroxylation is 1. The largest absolute Gasteiger partial charge is 0.478 e. The van der Waals surface area contributed by atoms with E-state index in [2.05, 4.69) is 21.8 Å². The van der Waals surface area contributed by atoms with Gasteiger partial charge in [-0.1, -0.05) is 13.8 Å². The third-order valence-corrected chi connectivity index (χ3v) is 3.34. The van der Waals surface area contributed by atoms with Crippen molar-refractivity contribution in [1.82, 2.24) is 14.9 Å². The first-order valence-electron chi connectivity index (χ1n) is 6.58. The third-order valence-electron chi connectivity index (χ3n) is 3.34. The number of ether oxygens (including phenoxy) is 1. The molecule has 1 aliphatic heterocycles. The number of rotatable bonds is 4. The Bertz CT molecular complexity index is 464. The van der Waals surface area contributed by atoms with Gasteiger partial charge in [0.1, 0.15) is 6.10 Å². The number of carboxylic acids is 1. The lowest BCUT2D eigenvalue weighted by atomic mass is 10.1. The molecule has 0 amide bonds. The summed E-state index contributed by atoms with van der Waals surface area (Å²) in [7, 11) is 0. The summed E-state index contributed by atoms with van der Waals surface area (Å²) in [6.07, 6.45) is 1.79. The van der Waals surface area contributed by atoms with Crippen molar-refractivity contribution < 1.29 is 14.6 Å². The molecule has 1 N–H and O–H groups in total. The van der Waals surface area contributed by atoms with Gasteiger partial charge in [0.05, 0.1) is 17.9 Å². The number of aromatic carboxylic acids is 1. The quantitative estimate of drug-likeness (QED) is 0.879. The van der Waals surface area contributed by atoms with Crippen LogP contribution in [0.4, 0.5) is 0 Å². The van der Waals surface area contributed by atoms with Gasteiger partial charge in [-0.3, -0.25) is 4.90 Å². The number of carbonyl (C=O) groups is 1. The zero-order chi connectivity index (χ0) is 13.8. The number of hydrogen-bond donors (Lipinski definition) is 1. The van der Waals surface area contributed by atoms with Crippen LogP contribution >= 0.6 is 0 Å². The van der Waals surface area contributed by atoms with Gasteiger partial charge in [0.15, 0.2) is 5.82 Å². The van der Waals surface area contributed by atoms with Crippen LogP contribution in [0.15, 0.2) is 6.20 Å². The normalized spacial score (nSPS) is 20.4. The van der Waals surface area contributed by atoms with Gasteiger partial charge in [-0.05, 0) is 13.0 Å². The van der Waals surface area contributed by atoms with Gasteiger partial charge >= 0.3 is 5.97 Å². The van der Waals surface area contributed by atoms with E-state index < -0.39 is 5.97 Å². The zero-order valence-corrected chi connectivity index (χ0v) is 11.3. The summed E-state index contributed by atoms with van der Waals surface area (Å²) in [5, 5.41) is 9.06. The monoisotopic (exact) mass is 265 g/mol. The number of hydrogen-bond acceptors (Lipinski definition) is 5. The molecule has 1 unspecified atom stereocenters. The minimum atomic E-state index is -0.983. The first-order valence-corrected chi connectivity index (χ1v) is 6.58. The van der Waals surface area contributed by atoms with Gasteiger partial charge in [0.2, 0.25) is 0 Å². The van der Waals surface area contributed by atoms with E-state index in [0.717, 1.165) is 19.6 Å². The molecule has 2 rings (SSSR count). The maximum Gasteiger partial charge on any atom is 0.339 e. The number of carboxylic acid groups (broad SMARTS) is 1. The molecular formula is C13H19N3O3. The second-order valence-corrected chi connectivity index (χ2v) is 4.50. The minimum absolute atomic E-state index is 0.165. The molecule has 2 heterocycles. The lowest BCUT2D eigenvalue weighted by molar-refractivity contribution is -0.0327. The molecule has 0 spiro atoms. The minimum Gasteiger partial charge on any atom is -0.478 e. The Morgan fingerprint density at radius 2 is 2.37 bits per heavy atom. The molecule has 0 radical (unpaired) electrons. The second-order valence-electron chi connectivity index (χ2n) is 4.50. The smallest absolute Gasteiger partial charge is 0.339 e. The predicted molar refractivity (Wildman–Crippen MR) is 69.2 cm³/mol. The lowest BCUT2D eigenvalue weighted by Crippen LogP contribution is -2.38. The van der Waals surface area contributed by atoms with Crippen molar-refractivity contribution in [2.75, 3.05) is 26.2 Å². The topological polar surface area (TPSA) is 75.5 Å². The van der Waals surface area contributed by atoms with Crippen LogP contribution in [0.3, 0.4) is 0 Å². The van der Waals surface area contributed by atoms with E-state index >= 15 is 0 Å². The van der Waals surface area contributed by atoms with Gasteiger partial charge < -0.3 is 9.84 Å². The molecule has 104 valence electrons. The third kappa shape index (κ3) is 3.08. The molecule has 6 nitrogen and oxygen atoms in total. The summed E-state index contributed by atoms with van der Waals surface area (Å²) >= 11 is 0. The molecule has 19 heavy (non-hydrogen) atoms. The van der Waals surface area contributed by atoms with E-state index in [4.69, 9.17) is 9.84 Å². The van der Waals surface area contributed by atoms with Gasteiger partial charge in [-0.15, -0.1) is 0 Å². The molecule has 6 heteroatoms. The van der Waals surface area contributed by atoms with Gasteiger partial charge in [0.25, 0.3) is 0 Å². The molecule has 1 aromatic rings. The molecule has 1 aromatic heterocycles. The van der Waals surface area contributed by atoms with E-state index in [1.54, 1.807) is 0 Å². The Labute approximate surface area is 112 Å². The Morgan fingerprint density at radius 3 is 3.00 bits per heavy atom. The maximum absolute atomic E-state index is 11.0. The number of aromatic nitrogens is 2. The van der Waals surface area contributed by atoms with Crippen LogP contribution in [0.1, 0.15) is 41.8 Å². The highest BCUT2D eigenvalue weighted by molar-refractivity contribution is 5.88. The molecular weight excluding hydrogens is 246 g/mol. The summed E-state index contributed by atoms with van der Waals surface area (Å²) in [5.74, 6) is -0.400. The molecule has 1 aliphatic rings. The van der Waals surface area contributed by atoms with Crippen LogP contribution in [0.25, 0.3) is 0 Å². The first-order chi connectivity index (χ1) is 9.15. The van der Waals surface area contributed by atoms with Gasteiger partial charge in [-0.2, -0.15) is 0 Å². The van der Waals surface area contributed by atoms with E-state index in [9.17, 15) is 4.79 Å². The van der Waals surface area contributed by atoms with Gasteiger partial charge in [0, 0.05) is 19.3 Å². The van der Waals surface area contributed by atoms with E-state index in [-0.39, 0.29) is 11.7 Å². The van der Waals surface area contributed by atoms with Crippen molar-refractivity contribution in [2.45, 2.75) is 26.4 Å². The Hall–Kier alpha value is -1.53. The maximum atomic E-state index is 11.0. The van der Waals surface area contributed by atoms with Crippen LogP contribution in [-0.2, 0) is 11.2 Å². The van der Waals surface area contributed by atoms with Crippen LogP contribution in [0, 0.1) is 0 Å². The van der Waals surface area contributed by atoms with Crippen LogP contribution < -0.4 is 0 Å². The van der Waals surface area contributed by atoms with Crippen molar-refractivity contribution in [2.24, 2.45) is 0 Å². The fourth-order valence-electron chi connectivity index (χ4n) is 2.18. The molecule has 1 saturated heterocycles. The van der Waals surface area contributed by atoms with Crippen LogP contribution in [-0.4, -0.2) is 52.2 Å². The van der Waals surface area contributed by atoms with E-state index in [1.165, 1.54) is 6.20 Å². The number of morpholine rings is 1. The Balaban J connectivity index is 2.23. The average Bonchev–Trinajstić information content (AvgIpc) is 2.46. The van der Waals surface area contributed by atoms with Crippen molar-refractivity contribution >= 4 is 5.97 Å². The molecule has 1 fully saturated rings. The molecule has 0 aliphatic carbocycles. The van der Waals surface area contributed by atoms with Crippen LogP contribution in [0.5, 0.6) is 0 Å². The molecule has 0 saturated carbocycles. The highest BCUT2D eigenvalue weighted by atomic mass is 16.5. The average molecular weight is 265 g/mol.